The van der Waals surface area contributed by atoms with Crippen LogP contribution < -0.4 is 10.5 Å². The van der Waals surface area contributed by atoms with Gasteiger partial charge in [-0.3, -0.25) is 4.98 Å². The van der Waals surface area contributed by atoms with Gasteiger partial charge in [0.25, 0.3) is 0 Å². The number of ether oxygens (including phenoxy) is 1. The maximum atomic E-state index is 5.85. The number of nitrogens with zero attached hydrogens (tertiary/aromatic N) is 1. The molecule has 1 atom stereocenters. The molecule has 0 saturated carbocycles. The number of aromatic nitrogens is 1. The molecule has 1 unspecified atom stereocenters. The second-order valence-electron chi connectivity index (χ2n) is 4.46. The van der Waals surface area contributed by atoms with E-state index in [0.717, 1.165) is 22.4 Å². The monoisotopic (exact) mass is 242 g/mol. The lowest BCUT2D eigenvalue weighted by molar-refractivity contribution is 0.304. The maximum Gasteiger partial charge on any atom is 0.122 e. The van der Waals surface area contributed by atoms with Gasteiger partial charge in [0.1, 0.15) is 12.4 Å². The number of aryl methyl sites for hydroxylation is 1. The average Bonchev–Trinajstić information content (AvgIpc) is 2.38. The first kappa shape index (κ1) is 12.6. The van der Waals surface area contributed by atoms with E-state index in [2.05, 4.69) is 11.1 Å². The van der Waals surface area contributed by atoms with E-state index in [4.69, 9.17) is 10.5 Å². The zero-order valence-electron chi connectivity index (χ0n) is 10.8. The van der Waals surface area contributed by atoms with Crippen molar-refractivity contribution in [3.05, 3.63) is 59.4 Å². The SMILES string of the molecule is Cc1cc(C(C)N)ccc1OCc1ccncc1. The summed E-state index contributed by atoms with van der Waals surface area (Å²) in [5.41, 5.74) is 9.20. The van der Waals surface area contributed by atoms with Crippen molar-refractivity contribution in [2.75, 3.05) is 0 Å². The van der Waals surface area contributed by atoms with Crippen LogP contribution in [-0.4, -0.2) is 4.98 Å². The summed E-state index contributed by atoms with van der Waals surface area (Å²) in [7, 11) is 0. The first-order chi connectivity index (χ1) is 8.66. The number of benzene rings is 1. The molecule has 0 saturated heterocycles. The number of nitrogens with two attached hydrogens (primary N) is 1. The van der Waals surface area contributed by atoms with Gasteiger partial charge in [0.15, 0.2) is 0 Å². The molecule has 1 heterocycles. The van der Waals surface area contributed by atoms with E-state index < -0.39 is 0 Å². The minimum absolute atomic E-state index is 0.0537. The third-order valence-corrected chi connectivity index (χ3v) is 2.87. The van der Waals surface area contributed by atoms with Gasteiger partial charge >= 0.3 is 0 Å². The van der Waals surface area contributed by atoms with Crippen molar-refractivity contribution < 1.29 is 4.74 Å². The average molecular weight is 242 g/mol. The van der Waals surface area contributed by atoms with Crippen molar-refractivity contribution in [1.29, 1.82) is 0 Å². The Labute approximate surface area is 108 Å². The molecular formula is C15H18N2O. The number of pyridine rings is 1. The standard InChI is InChI=1S/C15H18N2O/c1-11-9-14(12(2)16)3-4-15(11)18-10-13-5-7-17-8-6-13/h3-9,12H,10,16H2,1-2H3. The zero-order chi connectivity index (χ0) is 13.0. The van der Waals surface area contributed by atoms with Gasteiger partial charge in [0.2, 0.25) is 0 Å². The van der Waals surface area contributed by atoms with E-state index in [1.165, 1.54) is 0 Å². The quantitative estimate of drug-likeness (QED) is 0.896. The minimum atomic E-state index is 0.0537. The van der Waals surface area contributed by atoms with Gasteiger partial charge in [-0.15, -0.1) is 0 Å². The Morgan fingerprint density at radius 1 is 1.22 bits per heavy atom. The Bertz CT molecular complexity index is 509. The summed E-state index contributed by atoms with van der Waals surface area (Å²) in [5.74, 6) is 0.899. The second kappa shape index (κ2) is 5.65. The molecule has 0 amide bonds. The zero-order valence-corrected chi connectivity index (χ0v) is 10.8. The molecule has 1 aromatic carbocycles. The molecular weight excluding hydrogens is 224 g/mol. The van der Waals surface area contributed by atoms with Crippen molar-refractivity contribution in [1.82, 2.24) is 4.98 Å². The molecule has 94 valence electrons. The molecule has 0 aliphatic heterocycles. The molecule has 1 aromatic heterocycles. The third-order valence-electron chi connectivity index (χ3n) is 2.87. The van der Waals surface area contributed by atoms with Crippen LogP contribution in [0.25, 0.3) is 0 Å². The van der Waals surface area contributed by atoms with Crippen LogP contribution in [0.5, 0.6) is 5.75 Å². The summed E-state index contributed by atoms with van der Waals surface area (Å²) >= 11 is 0. The van der Waals surface area contributed by atoms with Gasteiger partial charge in [-0.25, -0.2) is 0 Å². The lowest BCUT2D eigenvalue weighted by Crippen LogP contribution is -2.05. The van der Waals surface area contributed by atoms with Crippen LogP contribution in [0.15, 0.2) is 42.7 Å². The molecule has 0 radical (unpaired) electrons. The molecule has 3 nitrogen and oxygen atoms in total. The van der Waals surface area contributed by atoms with Crippen molar-refractivity contribution in [2.45, 2.75) is 26.5 Å². The van der Waals surface area contributed by atoms with Crippen LogP contribution in [0.3, 0.4) is 0 Å². The van der Waals surface area contributed by atoms with Crippen molar-refractivity contribution in [3.8, 4) is 5.75 Å². The molecule has 3 heteroatoms. The van der Waals surface area contributed by atoms with E-state index in [0.29, 0.717) is 6.61 Å². The van der Waals surface area contributed by atoms with E-state index >= 15 is 0 Å². The van der Waals surface area contributed by atoms with Gasteiger partial charge in [-0.2, -0.15) is 0 Å². The van der Waals surface area contributed by atoms with Crippen LogP contribution in [0, 0.1) is 6.92 Å². The summed E-state index contributed by atoms with van der Waals surface area (Å²) in [4.78, 5) is 3.98. The molecule has 2 N–H and O–H groups in total. The highest BCUT2D eigenvalue weighted by atomic mass is 16.5. The van der Waals surface area contributed by atoms with Crippen LogP contribution >= 0.6 is 0 Å². The Kier molecular flexibility index (Phi) is 3.95. The maximum absolute atomic E-state index is 5.85. The van der Waals surface area contributed by atoms with Crippen molar-refractivity contribution >= 4 is 0 Å². The summed E-state index contributed by atoms with van der Waals surface area (Å²) in [6.07, 6.45) is 3.54. The lowest BCUT2D eigenvalue weighted by Gasteiger charge is -2.12. The van der Waals surface area contributed by atoms with Gasteiger partial charge in [0, 0.05) is 18.4 Å². The van der Waals surface area contributed by atoms with Crippen molar-refractivity contribution in [3.63, 3.8) is 0 Å². The smallest absolute Gasteiger partial charge is 0.122 e. The number of hydrogen-bond donors (Lipinski definition) is 1. The lowest BCUT2D eigenvalue weighted by atomic mass is 10.1. The summed E-state index contributed by atoms with van der Waals surface area (Å²) < 4.78 is 5.79. The summed E-state index contributed by atoms with van der Waals surface area (Å²) in [6.45, 7) is 4.57. The fourth-order valence-corrected chi connectivity index (χ4v) is 1.76. The van der Waals surface area contributed by atoms with E-state index in [1.807, 2.05) is 38.1 Å². The highest BCUT2D eigenvalue weighted by Gasteiger charge is 2.04. The van der Waals surface area contributed by atoms with Crippen LogP contribution in [-0.2, 0) is 6.61 Å². The van der Waals surface area contributed by atoms with Gasteiger partial charge < -0.3 is 10.5 Å². The Balaban J connectivity index is 2.06. The Hall–Kier alpha value is -1.87. The number of hydrogen-bond acceptors (Lipinski definition) is 3. The Morgan fingerprint density at radius 3 is 2.56 bits per heavy atom. The van der Waals surface area contributed by atoms with Gasteiger partial charge in [-0.05, 0) is 48.7 Å². The molecule has 0 bridgehead atoms. The van der Waals surface area contributed by atoms with Crippen LogP contribution in [0.2, 0.25) is 0 Å². The van der Waals surface area contributed by atoms with E-state index in [9.17, 15) is 0 Å². The van der Waals surface area contributed by atoms with Crippen molar-refractivity contribution in [2.24, 2.45) is 5.73 Å². The van der Waals surface area contributed by atoms with Crippen LogP contribution in [0.4, 0.5) is 0 Å². The minimum Gasteiger partial charge on any atom is -0.489 e. The molecule has 18 heavy (non-hydrogen) atoms. The molecule has 0 spiro atoms. The Morgan fingerprint density at radius 2 is 1.94 bits per heavy atom. The van der Waals surface area contributed by atoms with Crippen LogP contribution in [0.1, 0.15) is 29.7 Å². The summed E-state index contributed by atoms with van der Waals surface area (Å²) in [6, 6.07) is 10.0. The summed E-state index contributed by atoms with van der Waals surface area (Å²) in [5, 5.41) is 0. The van der Waals surface area contributed by atoms with E-state index in [1.54, 1.807) is 12.4 Å². The molecule has 0 aliphatic carbocycles. The molecule has 0 fully saturated rings. The fraction of sp³-hybridized carbons (Fsp3) is 0.267. The van der Waals surface area contributed by atoms with Gasteiger partial charge in [0.05, 0.1) is 0 Å². The largest absolute Gasteiger partial charge is 0.489 e. The molecule has 2 rings (SSSR count). The predicted molar refractivity (Wildman–Crippen MR) is 72.4 cm³/mol. The predicted octanol–water partition coefficient (Wildman–Crippen LogP) is 2.99. The highest BCUT2D eigenvalue weighted by Crippen LogP contribution is 2.22. The third kappa shape index (κ3) is 3.08. The topological polar surface area (TPSA) is 48.1 Å². The normalized spacial score (nSPS) is 12.2. The first-order valence-corrected chi connectivity index (χ1v) is 6.04. The fourth-order valence-electron chi connectivity index (χ4n) is 1.76. The number of rotatable bonds is 4. The van der Waals surface area contributed by atoms with E-state index in [-0.39, 0.29) is 6.04 Å². The first-order valence-electron chi connectivity index (χ1n) is 6.04. The second-order valence-corrected chi connectivity index (χ2v) is 4.46. The highest BCUT2D eigenvalue weighted by molar-refractivity contribution is 5.37. The van der Waals surface area contributed by atoms with Gasteiger partial charge in [-0.1, -0.05) is 12.1 Å². The molecule has 2 aromatic rings. The molecule has 0 aliphatic rings.